The number of anilines is 1. The number of thiazole rings is 1. The molecule has 2 rings (SSSR count). The molecule has 0 fully saturated rings. The number of hydrogen-bond acceptors (Lipinski definition) is 6. The monoisotopic (exact) mass is 446 g/mol. The Labute approximate surface area is 186 Å². The number of nitrogens with one attached hydrogen (secondary N) is 1. The van der Waals surface area contributed by atoms with Crippen LogP contribution in [0.5, 0.6) is 0 Å². The zero-order valence-electron chi connectivity index (χ0n) is 18.5. The first-order chi connectivity index (χ1) is 14.5. The largest absolute Gasteiger partial charge is 0.443 e. The van der Waals surface area contributed by atoms with Crippen molar-refractivity contribution in [2.75, 3.05) is 5.32 Å². The van der Waals surface area contributed by atoms with E-state index in [1.165, 1.54) is 11.3 Å². The number of hydrogen-bond donors (Lipinski definition) is 2. The molecule has 0 aliphatic heterocycles. The van der Waals surface area contributed by atoms with E-state index in [1.54, 1.807) is 40.4 Å². The SMILES string of the molecule is CC(C)[C@H](N)C(=O)OCn1ccs/c1=N\C(=O)c1ccc(NC(=O)CC(C)(C)C)cc1. The van der Waals surface area contributed by atoms with Gasteiger partial charge in [0.05, 0.1) is 0 Å². The van der Waals surface area contributed by atoms with Gasteiger partial charge in [-0.2, -0.15) is 4.99 Å². The highest BCUT2D eigenvalue weighted by atomic mass is 32.1. The summed E-state index contributed by atoms with van der Waals surface area (Å²) < 4.78 is 6.78. The van der Waals surface area contributed by atoms with Gasteiger partial charge in [-0.15, -0.1) is 11.3 Å². The van der Waals surface area contributed by atoms with E-state index in [9.17, 15) is 14.4 Å². The molecule has 8 nitrogen and oxygen atoms in total. The van der Waals surface area contributed by atoms with Gasteiger partial charge in [-0.25, -0.2) is 0 Å². The standard InChI is InChI=1S/C22H30N4O4S/c1-14(2)18(23)20(29)30-13-26-10-11-31-21(26)25-19(28)15-6-8-16(9-7-15)24-17(27)12-22(3,4)5/h6-11,14,18H,12-13,23H2,1-5H3,(H,24,27)/b25-21-/t18-/m0/s1. The van der Waals surface area contributed by atoms with Gasteiger partial charge >= 0.3 is 5.97 Å². The maximum absolute atomic E-state index is 12.5. The molecule has 2 amide bonds. The minimum Gasteiger partial charge on any atom is -0.443 e. The molecule has 1 heterocycles. The van der Waals surface area contributed by atoms with E-state index in [-0.39, 0.29) is 24.0 Å². The predicted molar refractivity (Wildman–Crippen MR) is 120 cm³/mol. The second-order valence-electron chi connectivity index (χ2n) is 8.80. The summed E-state index contributed by atoms with van der Waals surface area (Å²) in [5.41, 5.74) is 6.67. The lowest BCUT2D eigenvalue weighted by molar-refractivity contribution is -0.150. The first-order valence-electron chi connectivity index (χ1n) is 10.0. The zero-order valence-corrected chi connectivity index (χ0v) is 19.4. The van der Waals surface area contributed by atoms with Crippen LogP contribution in [0.3, 0.4) is 0 Å². The molecule has 168 valence electrons. The Morgan fingerprint density at radius 2 is 1.84 bits per heavy atom. The van der Waals surface area contributed by atoms with Crippen LogP contribution in [0.2, 0.25) is 0 Å². The molecule has 31 heavy (non-hydrogen) atoms. The molecule has 1 aromatic heterocycles. The van der Waals surface area contributed by atoms with Crippen molar-refractivity contribution in [1.82, 2.24) is 4.57 Å². The molecule has 0 unspecified atom stereocenters. The molecule has 0 aliphatic rings. The van der Waals surface area contributed by atoms with Crippen LogP contribution in [0.4, 0.5) is 5.69 Å². The van der Waals surface area contributed by atoms with Crippen LogP contribution in [0.25, 0.3) is 0 Å². The highest BCUT2D eigenvalue weighted by Gasteiger charge is 2.19. The molecule has 3 N–H and O–H groups in total. The third-order valence-corrected chi connectivity index (χ3v) is 5.09. The van der Waals surface area contributed by atoms with Gasteiger partial charge in [0, 0.05) is 29.2 Å². The fourth-order valence-electron chi connectivity index (χ4n) is 2.52. The molecule has 0 radical (unpaired) electrons. The lowest BCUT2D eigenvalue weighted by Gasteiger charge is -2.17. The van der Waals surface area contributed by atoms with Crippen LogP contribution in [0, 0.1) is 11.3 Å². The predicted octanol–water partition coefficient (Wildman–Crippen LogP) is 3.15. The molecule has 0 bridgehead atoms. The first kappa shape index (κ1) is 24.5. The molecule has 1 atom stereocenters. The normalized spacial score (nSPS) is 13.2. The van der Waals surface area contributed by atoms with Crippen molar-refractivity contribution in [3.63, 3.8) is 0 Å². The van der Waals surface area contributed by atoms with E-state index in [1.807, 2.05) is 34.6 Å². The molecule has 1 aromatic carbocycles. The zero-order chi connectivity index (χ0) is 23.2. The first-order valence-corrected chi connectivity index (χ1v) is 10.9. The van der Waals surface area contributed by atoms with Crippen LogP contribution in [-0.2, 0) is 21.1 Å². The van der Waals surface area contributed by atoms with Crippen molar-refractivity contribution < 1.29 is 19.1 Å². The van der Waals surface area contributed by atoms with E-state index in [0.29, 0.717) is 22.5 Å². The number of carbonyl (C=O) groups excluding carboxylic acids is 3. The Bertz CT molecular complexity index is 984. The Morgan fingerprint density at radius 1 is 1.19 bits per heavy atom. The molecular weight excluding hydrogens is 416 g/mol. The number of ether oxygens (including phenoxy) is 1. The summed E-state index contributed by atoms with van der Waals surface area (Å²) in [7, 11) is 0. The Balaban J connectivity index is 2.04. The highest BCUT2D eigenvalue weighted by molar-refractivity contribution is 7.07. The Morgan fingerprint density at radius 3 is 2.42 bits per heavy atom. The van der Waals surface area contributed by atoms with Crippen molar-refractivity contribution in [3.8, 4) is 0 Å². The molecule has 0 saturated carbocycles. The summed E-state index contributed by atoms with van der Waals surface area (Å²) in [5.74, 6) is -1.06. The van der Waals surface area contributed by atoms with E-state index in [0.717, 1.165) is 0 Å². The summed E-state index contributed by atoms with van der Waals surface area (Å²) in [4.78, 5) is 41.0. The van der Waals surface area contributed by atoms with Crippen molar-refractivity contribution >= 4 is 34.8 Å². The van der Waals surface area contributed by atoms with Crippen molar-refractivity contribution in [2.24, 2.45) is 22.1 Å². The topological polar surface area (TPSA) is 116 Å². The number of esters is 1. The average molecular weight is 447 g/mol. The average Bonchev–Trinajstić information content (AvgIpc) is 3.11. The maximum atomic E-state index is 12.5. The highest BCUT2D eigenvalue weighted by Crippen LogP contribution is 2.20. The number of benzene rings is 1. The van der Waals surface area contributed by atoms with Crippen molar-refractivity contribution in [3.05, 3.63) is 46.2 Å². The third-order valence-electron chi connectivity index (χ3n) is 4.30. The van der Waals surface area contributed by atoms with Crippen LogP contribution in [-0.4, -0.2) is 28.4 Å². The van der Waals surface area contributed by atoms with Gasteiger partial charge in [0.1, 0.15) is 6.04 Å². The Hall–Kier alpha value is -2.78. The second-order valence-corrected chi connectivity index (χ2v) is 9.67. The van der Waals surface area contributed by atoms with Gasteiger partial charge < -0.3 is 15.8 Å². The Kier molecular flexibility index (Phi) is 8.29. The third kappa shape index (κ3) is 7.76. The lowest BCUT2D eigenvalue weighted by Crippen LogP contribution is -2.37. The number of rotatable bonds is 7. The van der Waals surface area contributed by atoms with Crippen LogP contribution < -0.4 is 15.9 Å². The second kappa shape index (κ2) is 10.5. The lowest BCUT2D eigenvalue weighted by atomic mass is 9.92. The van der Waals surface area contributed by atoms with Gasteiger partial charge in [0.2, 0.25) is 5.91 Å². The smallest absolute Gasteiger partial charge is 0.324 e. The summed E-state index contributed by atoms with van der Waals surface area (Å²) in [6.07, 6.45) is 2.08. The maximum Gasteiger partial charge on any atom is 0.324 e. The fraction of sp³-hybridized carbons (Fsp3) is 0.455. The van der Waals surface area contributed by atoms with Gasteiger partial charge in [-0.3, -0.25) is 19.0 Å². The molecule has 0 spiro atoms. The summed E-state index contributed by atoms with van der Waals surface area (Å²) in [5, 5.41) is 4.57. The quantitative estimate of drug-likeness (QED) is 0.634. The van der Waals surface area contributed by atoms with E-state index >= 15 is 0 Å². The van der Waals surface area contributed by atoms with Crippen LogP contribution in [0.15, 0.2) is 40.8 Å². The number of nitrogens with two attached hydrogens (primary N) is 1. The van der Waals surface area contributed by atoms with Gasteiger partial charge in [0.15, 0.2) is 11.5 Å². The summed E-state index contributed by atoms with van der Waals surface area (Å²) in [6.45, 7) is 9.58. The van der Waals surface area contributed by atoms with Crippen LogP contribution >= 0.6 is 11.3 Å². The summed E-state index contributed by atoms with van der Waals surface area (Å²) in [6, 6.07) is 5.85. The van der Waals surface area contributed by atoms with Crippen molar-refractivity contribution in [1.29, 1.82) is 0 Å². The molecule has 9 heteroatoms. The van der Waals surface area contributed by atoms with Gasteiger partial charge in [0.25, 0.3) is 5.91 Å². The minimum atomic E-state index is -0.705. The summed E-state index contributed by atoms with van der Waals surface area (Å²) >= 11 is 1.25. The number of amides is 2. The number of carbonyl (C=O) groups is 3. The molecule has 2 aromatic rings. The van der Waals surface area contributed by atoms with Crippen molar-refractivity contribution in [2.45, 2.75) is 53.8 Å². The molecular formula is C22H30N4O4S. The van der Waals surface area contributed by atoms with E-state index < -0.39 is 17.9 Å². The molecule has 0 aliphatic carbocycles. The van der Waals surface area contributed by atoms with Gasteiger partial charge in [-0.1, -0.05) is 34.6 Å². The van der Waals surface area contributed by atoms with Gasteiger partial charge in [-0.05, 0) is 35.6 Å². The molecule has 0 saturated heterocycles. The fourth-order valence-corrected chi connectivity index (χ4v) is 3.24. The van der Waals surface area contributed by atoms with Crippen LogP contribution in [0.1, 0.15) is 51.4 Å². The van der Waals surface area contributed by atoms with E-state index in [2.05, 4.69) is 10.3 Å². The minimum absolute atomic E-state index is 0.0353. The number of aromatic nitrogens is 1. The number of nitrogens with zero attached hydrogens (tertiary/aromatic N) is 2. The van der Waals surface area contributed by atoms with E-state index in [4.69, 9.17) is 10.5 Å².